The van der Waals surface area contributed by atoms with Gasteiger partial charge in [0.25, 0.3) is 0 Å². The van der Waals surface area contributed by atoms with Gasteiger partial charge in [-0.2, -0.15) is 15.0 Å². The van der Waals surface area contributed by atoms with Gasteiger partial charge in [-0.3, -0.25) is 0 Å². The fourth-order valence-corrected chi connectivity index (χ4v) is 1.04. The highest BCUT2D eigenvalue weighted by Gasteiger charge is 2.08. The molecule has 1 N–H and O–H groups in total. The third kappa shape index (κ3) is 4.39. The molecule has 7 heteroatoms. The Kier molecular flexibility index (Phi) is 4.89. The summed E-state index contributed by atoms with van der Waals surface area (Å²) in [5.74, 6) is 1.08. The van der Waals surface area contributed by atoms with Crippen molar-refractivity contribution in [2.45, 2.75) is 0 Å². The summed E-state index contributed by atoms with van der Waals surface area (Å²) in [5.41, 5.74) is 0. The quantitative estimate of drug-likeness (QED) is 0.746. The monoisotopic (exact) mass is 240 g/mol. The van der Waals surface area contributed by atoms with Crippen molar-refractivity contribution in [2.75, 3.05) is 58.6 Å². The topological polar surface area (TPSA) is 66.4 Å². The van der Waals surface area contributed by atoms with Gasteiger partial charge in [-0.05, 0) is 14.1 Å². The Labute approximate surface area is 102 Å². The molecule has 0 aromatic carbocycles. The molecule has 1 rings (SSSR count). The number of aromatic nitrogens is 3. The van der Waals surface area contributed by atoms with Crippen LogP contribution in [-0.4, -0.2) is 68.2 Å². The first-order chi connectivity index (χ1) is 8.02. The predicted octanol–water partition coefficient (Wildman–Crippen LogP) is -0.0803. The Hall–Kier alpha value is -1.63. The lowest BCUT2D eigenvalue weighted by Crippen LogP contribution is -2.21. The van der Waals surface area contributed by atoms with Crippen LogP contribution in [0.15, 0.2) is 0 Å². The van der Waals surface area contributed by atoms with E-state index < -0.39 is 0 Å². The number of nitrogens with zero attached hydrogens (tertiary/aromatic N) is 5. The van der Waals surface area contributed by atoms with Crippen LogP contribution in [0.25, 0.3) is 0 Å². The molecule has 0 aliphatic carbocycles. The van der Waals surface area contributed by atoms with Crippen LogP contribution in [0, 0.1) is 0 Å². The summed E-state index contributed by atoms with van der Waals surface area (Å²) < 4.78 is 5.48. The van der Waals surface area contributed by atoms with E-state index in [1.54, 1.807) is 11.9 Å². The van der Waals surface area contributed by atoms with Gasteiger partial charge >= 0.3 is 6.01 Å². The van der Waals surface area contributed by atoms with Crippen LogP contribution >= 0.6 is 0 Å². The standard InChI is InChI=1S/C10H20N6O/c1-11-8-12-9(16(4)5)14-10(13-8)17-7-6-15(2)3/h6-7H2,1-5H3,(H,11,12,13,14). The number of anilines is 2. The SMILES string of the molecule is CNc1nc(OCCN(C)C)nc(N(C)C)n1. The van der Waals surface area contributed by atoms with Crippen molar-refractivity contribution in [3.05, 3.63) is 0 Å². The first-order valence-corrected chi connectivity index (χ1v) is 5.41. The maximum Gasteiger partial charge on any atom is 0.323 e. The fraction of sp³-hybridized carbons (Fsp3) is 0.700. The molecule has 0 unspecified atom stereocenters. The van der Waals surface area contributed by atoms with Crippen molar-refractivity contribution in [2.24, 2.45) is 0 Å². The maximum atomic E-state index is 5.48. The van der Waals surface area contributed by atoms with Gasteiger partial charge in [-0.25, -0.2) is 0 Å². The molecule has 0 radical (unpaired) electrons. The minimum absolute atomic E-state index is 0.342. The Balaban J connectivity index is 2.73. The van der Waals surface area contributed by atoms with Crippen LogP contribution < -0.4 is 15.0 Å². The Morgan fingerprint density at radius 3 is 2.35 bits per heavy atom. The number of nitrogens with one attached hydrogen (secondary N) is 1. The van der Waals surface area contributed by atoms with Gasteiger partial charge in [0.1, 0.15) is 6.61 Å². The van der Waals surface area contributed by atoms with E-state index in [1.807, 2.05) is 33.1 Å². The molecule has 7 nitrogen and oxygen atoms in total. The van der Waals surface area contributed by atoms with Gasteiger partial charge in [0.05, 0.1) is 0 Å². The van der Waals surface area contributed by atoms with E-state index in [1.165, 1.54) is 0 Å². The molecule has 0 aliphatic heterocycles. The highest BCUT2D eigenvalue weighted by molar-refractivity contribution is 5.36. The second-order valence-corrected chi connectivity index (χ2v) is 4.04. The Bertz CT molecular complexity index is 355. The summed E-state index contributed by atoms with van der Waals surface area (Å²) in [4.78, 5) is 16.4. The minimum Gasteiger partial charge on any atom is -0.462 e. The number of likely N-dealkylation sites (N-methyl/N-ethyl adjacent to an activating group) is 1. The molecule has 1 heterocycles. The minimum atomic E-state index is 0.342. The Morgan fingerprint density at radius 1 is 1.12 bits per heavy atom. The summed E-state index contributed by atoms with van der Waals surface area (Å²) in [5, 5.41) is 2.88. The fourth-order valence-electron chi connectivity index (χ4n) is 1.04. The largest absolute Gasteiger partial charge is 0.462 e. The van der Waals surface area contributed by atoms with Crippen LogP contribution in [0.4, 0.5) is 11.9 Å². The van der Waals surface area contributed by atoms with Crippen LogP contribution in [0.1, 0.15) is 0 Å². The molecule has 0 atom stereocenters. The van der Waals surface area contributed by atoms with Crippen molar-refractivity contribution in [3.8, 4) is 6.01 Å². The van der Waals surface area contributed by atoms with Crippen molar-refractivity contribution in [1.29, 1.82) is 0 Å². The van der Waals surface area contributed by atoms with Gasteiger partial charge in [0.15, 0.2) is 0 Å². The summed E-state index contributed by atoms with van der Waals surface area (Å²) in [6.07, 6.45) is 0. The highest BCUT2D eigenvalue weighted by atomic mass is 16.5. The summed E-state index contributed by atoms with van der Waals surface area (Å²) in [6.45, 7) is 1.37. The Morgan fingerprint density at radius 2 is 1.82 bits per heavy atom. The first kappa shape index (κ1) is 13.4. The highest BCUT2D eigenvalue weighted by Crippen LogP contribution is 2.12. The molecule has 0 bridgehead atoms. The van der Waals surface area contributed by atoms with Gasteiger partial charge in [-0.1, -0.05) is 0 Å². The summed E-state index contributed by atoms with van der Waals surface area (Å²) in [7, 11) is 9.48. The van der Waals surface area contributed by atoms with E-state index in [4.69, 9.17) is 4.74 Å². The van der Waals surface area contributed by atoms with Crippen LogP contribution in [0.2, 0.25) is 0 Å². The average molecular weight is 240 g/mol. The van der Waals surface area contributed by atoms with Gasteiger partial charge < -0.3 is 19.9 Å². The molecule has 17 heavy (non-hydrogen) atoms. The van der Waals surface area contributed by atoms with Crippen molar-refractivity contribution >= 4 is 11.9 Å². The molecular formula is C10H20N6O. The number of hydrogen-bond donors (Lipinski definition) is 1. The molecule has 1 aromatic rings. The van der Waals surface area contributed by atoms with E-state index in [-0.39, 0.29) is 0 Å². The molecule has 0 saturated heterocycles. The number of rotatable bonds is 6. The number of ether oxygens (including phenoxy) is 1. The average Bonchev–Trinajstić information content (AvgIpc) is 2.28. The summed E-state index contributed by atoms with van der Waals surface area (Å²) >= 11 is 0. The normalized spacial score (nSPS) is 10.5. The molecule has 0 aliphatic rings. The van der Waals surface area contributed by atoms with Crippen molar-refractivity contribution in [3.63, 3.8) is 0 Å². The predicted molar refractivity (Wildman–Crippen MR) is 67.7 cm³/mol. The molecule has 0 fully saturated rings. The van der Waals surface area contributed by atoms with Crippen LogP contribution in [-0.2, 0) is 0 Å². The molecule has 0 amide bonds. The van der Waals surface area contributed by atoms with E-state index in [2.05, 4.69) is 20.3 Å². The molecular weight excluding hydrogens is 220 g/mol. The zero-order chi connectivity index (χ0) is 12.8. The van der Waals surface area contributed by atoms with E-state index in [0.717, 1.165) is 6.54 Å². The van der Waals surface area contributed by atoms with Crippen LogP contribution in [0.3, 0.4) is 0 Å². The zero-order valence-corrected chi connectivity index (χ0v) is 11.1. The molecule has 96 valence electrons. The van der Waals surface area contributed by atoms with Crippen molar-refractivity contribution < 1.29 is 4.74 Å². The molecule has 0 spiro atoms. The van der Waals surface area contributed by atoms with E-state index >= 15 is 0 Å². The van der Waals surface area contributed by atoms with E-state index in [9.17, 15) is 0 Å². The maximum absolute atomic E-state index is 5.48. The second kappa shape index (κ2) is 6.19. The number of hydrogen-bond acceptors (Lipinski definition) is 7. The van der Waals surface area contributed by atoms with Crippen LogP contribution in [0.5, 0.6) is 6.01 Å². The lowest BCUT2D eigenvalue weighted by molar-refractivity contribution is 0.245. The van der Waals surface area contributed by atoms with Crippen molar-refractivity contribution in [1.82, 2.24) is 19.9 Å². The lowest BCUT2D eigenvalue weighted by atomic mass is 10.6. The third-order valence-corrected chi connectivity index (χ3v) is 2.00. The third-order valence-electron chi connectivity index (χ3n) is 2.00. The second-order valence-electron chi connectivity index (χ2n) is 4.04. The van der Waals surface area contributed by atoms with Gasteiger partial charge in [0, 0.05) is 27.7 Å². The molecule has 1 aromatic heterocycles. The zero-order valence-electron chi connectivity index (χ0n) is 11.1. The molecule has 0 saturated carbocycles. The smallest absolute Gasteiger partial charge is 0.323 e. The van der Waals surface area contributed by atoms with E-state index in [0.29, 0.717) is 24.5 Å². The summed E-state index contributed by atoms with van der Waals surface area (Å²) in [6, 6.07) is 0.342. The van der Waals surface area contributed by atoms with Gasteiger partial charge in [-0.15, -0.1) is 0 Å². The first-order valence-electron chi connectivity index (χ1n) is 5.41. The van der Waals surface area contributed by atoms with Gasteiger partial charge in [0.2, 0.25) is 11.9 Å². The lowest BCUT2D eigenvalue weighted by Gasteiger charge is -2.13.